The quantitative estimate of drug-likeness (QED) is 0.908. The zero-order valence-corrected chi connectivity index (χ0v) is 12.3. The molecule has 0 aliphatic rings. The number of likely N-dealkylation sites (N-methyl/N-ethyl adjacent to an activating group) is 1. The Labute approximate surface area is 119 Å². The van der Waals surface area contributed by atoms with Crippen LogP contribution in [0.3, 0.4) is 0 Å². The minimum absolute atomic E-state index is 0.264. The Morgan fingerprint density at radius 2 is 1.84 bits per heavy atom. The fourth-order valence-electron chi connectivity index (χ4n) is 2.52. The van der Waals surface area contributed by atoms with E-state index < -0.39 is 0 Å². The van der Waals surface area contributed by atoms with Gasteiger partial charge in [0.1, 0.15) is 0 Å². The first kappa shape index (κ1) is 14.0. The monoisotopic (exact) mass is 274 g/mol. The van der Waals surface area contributed by atoms with Crippen molar-refractivity contribution in [2.75, 3.05) is 7.05 Å². The molecule has 0 fully saturated rings. The average Bonchev–Trinajstić information content (AvgIpc) is 2.42. The molecular formula is C16H19ClN2. The van der Waals surface area contributed by atoms with E-state index in [9.17, 15) is 0 Å². The number of rotatable bonds is 4. The number of aryl methyl sites for hydroxylation is 1. The number of nitrogens with zero attached hydrogens (tertiary/aromatic N) is 1. The average molecular weight is 275 g/mol. The number of benzene rings is 1. The maximum absolute atomic E-state index is 6.03. The van der Waals surface area contributed by atoms with E-state index in [2.05, 4.69) is 42.3 Å². The molecule has 2 atom stereocenters. The van der Waals surface area contributed by atoms with Gasteiger partial charge in [0.25, 0.3) is 0 Å². The first-order valence-electron chi connectivity index (χ1n) is 6.46. The van der Waals surface area contributed by atoms with Crippen molar-refractivity contribution in [2.45, 2.75) is 25.8 Å². The van der Waals surface area contributed by atoms with Crippen molar-refractivity contribution in [3.05, 3.63) is 64.4 Å². The fraction of sp³-hybridized carbons (Fsp3) is 0.312. The van der Waals surface area contributed by atoms with E-state index >= 15 is 0 Å². The number of nitrogens with one attached hydrogen (secondary N) is 1. The molecule has 0 radical (unpaired) electrons. The summed E-state index contributed by atoms with van der Waals surface area (Å²) in [6.07, 6.45) is 3.68. The van der Waals surface area contributed by atoms with Crippen molar-refractivity contribution in [2.24, 2.45) is 0 Å². The second-order valence-electron chi connectivity index (χ2n) is 4.84. The number of halogens is 1. The van der Waals surface area contributed by atoms with E-state index in [1.54, 1.807) is 0 Å². The maximum Gasteiger partial charge on any atom is 0.0408 e. The topological polar surface area (TPSA) is 24.9 Å². The van der Waals surface area contributed by atoms with Gasteiger partial charge >= 0.3 is 0 Å². The van der Waals surface area contributed by atoms with Gasteiger partial charge in [0.05, 0.1) is 0 Å². The molecule has 100 valence electrons. The highest BCUT2D eigenvalue weighted by Gasteiger charge is 2.20. The number of hydrogen-bond acceptors (Lipinski definition) is 2. The van der Waals surface area contributed by atoms with Gasteiger partial charge in [-0.3, -0.25) is 4.98 Å². The second-order valence-corrected chi connectivity index (χ2v) is 5.27. The third-order valence-electron chi connectivity index (χ3n) is 3.61. The lowest BCUT2D eigenvalue weighted by atomic mass is 9.87. The van der Waals surface area contributed by atoms with Crippen LogP contribution in [-0.4, -0.2) is 12.0 Å². The Bertz CT molecular complexity index is 540. The Balaban J connectivity index is 2.34. The molecule has 0 aliphatic heterocycles. The third kappa shape index (κ3) is 3.14. The van der Waals surface area contributed by atoms with Crippen LogP contribution < -0.4 is 5.32 Å². The van der Waals surface area contributed by atoms with Crippen molar-refractivity contribution >= 4 is 11.6 Å². The van der Waals surface area contributed by atoms with Crippen molar-refractivity contribution in [1.82, 2.24) is 10.3 Å². The van der Waals surface area contributed by atoms with E-state index in [0.29, 0.717) is 5.92 Å². The lowest BCUT2D eigenvalue weighted by Crippen LogP contribution is -2.23. The van der Waals surface area contributed by atoms with Crippen molar-refractivity contribution < 1.29 is 0 Å². The van der Waals surface area contributed by atoms with Crippen LogP contribution >= 0.6 is 11.6 Å². The molecule has 1 aromatic heterocycles. The largest absolute Gasteiger partial charge is 0.312 e. The molecule has 2 nitrogen and oxygen atoms in total. The van der Waals surface area contributed by atoms with Gasteiger partial charge in [0, 0.05) is 29.4 Å². The summed E-state index contributed by atoms with van der Waals surface area (Å²) >= 11 is 6.03. The minimum atomic E-state index is 0.264. The molecule has 0 saturated heterocycles. The zero-order valence-electron chi connectivity index (χ0n) is 11.5. The highest BCUT2D eigenvalue weighted by atomic mass is 35.5. The zero-order chi connectivity index (χ0) is 13.8. The standard InChI is InChI=1S/C16H19ClN2/c1-11-10-14(17)4-5-15(11)16(18-3)12(2)13-6-8-19-9-7-13/h4-10,12,16,18H,1-3H3. The van der Waals surface area contributed by atoms with Gasteiger partial charge in [0.2, 0.25) is 0 Å². The SMILES string of the molecule is CNC(c1ccc(Cl)cc1C)C(C)c1ccncc1. The summed E-state index contributed by atoms with van der Waals surface area (Å²) in [7, 11) is 2.00. The van der Waals surface area contributed by atoms with Gasteiger partial charge in [-0.25, -0.2) is 0 Å². The summed E-state index contributed by atoms with van der Waals surface area (Å²) in [6.45, 7) is 4.33. The lowest BCUT2D eigenvalue weighted by Gasteiger charge is -2.26. The smallest absolute Gasteiger partial charge is 0.0408 e. The molecule has 2 aromatic rings. The Kier molecular flexibility index (Phi) is 4.56. The van der Waals surface area contributed by atoms with Crippen LogP contribution in [-0.2, 0) is 0 Å². The van der Waals surface area contributed by atoms with E-state index in [4.69, 9.17) is 11.6 Å². The van der Waals surface area contributed by atoms with E-state index in [1.807, 2.05) is 31.6 Å². The molecule has 0 spiro atoms. The van der Waals surface area contributed by atoms with Crippen molar-refractivity contribution in [3.8, 4) is 0 Å². The van der Waals surface area contributed by atoms with Crippen LogP contribution in [0.2, 0.25) is 5.02 Å². The van der Waals surface area contributed by atoms with Gasteiger partial charge in [-0.05, 0) is 54.9 Å². The summed E-state index contributed by atoms with van der Waals surface area (Å²) in [6, 6.07) is 10.5. The van der Waals surface area contributed by atoms with Gasteiger partial charge in [-0.15, -0.1) is 0 Å². The van der Waals surface area contributed by atoms with Crippen LogP contribution in [0, 0.1) is 6.92 Å². The predicted octanol–water partition coefficient (Wildman–Crippen LogP) is 4.11. The van der Waals surface area contributed by atoms with Gasteiger partial charge in [-0.1, -0.05) is 24.6 Å². The molecule has 0 aliphatic carbocycles. The first-order valence-corrected chi connectivity index (χ1v) is 6.84. The third-order valence-corrected chi connectivity index (χ3v) is 3.84. The number of aromatic nitrogens is 1. The molecular weight excluding hydrogens is 256 g/mol. The van der Waals surface area contributed by atoms with Crippen LogP contribution in [0.5, 0.6) is 0 Å². The number of hydrogen-bond donors (Lipinski definition) is 1. The van der Waals surface area contributed by atoms with E-state index in [-0.39, 0.29) is 6.04 Å². The Morgan fingerprint density at radius 1 is 1.16 bits per heavy atom. The highest BCUT2D eigenvalue weighted by Crippen LogP contribution is 2.32. The molecule has 3 heteroatoms. The van der Waals surface area contributed by atoms with Gasteiger partial charge in [-0.2, -0.15) is 0 Å². The molecule has 0 saturated carbocycles. The maximum atomic E-state index is 6.03. The molecule has 2 unspecified atom stereocenters. The molecule has 2 rings (SSSR count). The van der Waals surface area contributed by atoms with E-state index in [0.717, 1.165) is 5.02 Å². The summed E-state index contributed by atoms with van der Waals surface area (Å²) in [5.74, 6) is 0.368. The fourth-order valence-corrected chi connectivity index (χ4v) is 2.75. The summed E-state index contributed by atoms with van der Waals surface area (Å²) in [5.41, 5.74) is 3.78. The minimum Gasteiger partial charge on any atom is -0.312 e. The molecule has 1 N–H and O–H groups in total. The van der Waals surface area contributed by atoms with Crippen molar-refractivity contribution in [3.63, 3.8) is 0 Å². The van der Waals surface area contributed by atoms with Crippen LogP contribution in [0.15, 0.2) is 42.7 Å². The van der Waals surface area contributed by atoms with Gasteiger partial charge < -0.3 is 5.32 Å². The molecule has 1 heterocycles. The van der Waals surface area contributed by atoms with E-state index in [1.165, 1.54) is 16.7 Å². The molecule has 19 heavy (non-hydrogen) atoms. The highest BCUT2D eigenvalue weighted by molar-refractivity contribution is 6.30. The van der Waals surface area contributed by atoms with Crippen LogP contribution in [0.25, 0.3) is 0 Å². The molecule has 0 bridgehead atoms. The summed E-state index contributed by atoms with van der Waals surface area (Å²) in [4.78, 5) is 4.08. The lowest BCUT2D eigenvalue weighted by molar-refractivity contribution is 0.505. The van der Waals surface area contributed by atoms with Gasteiger partial charge in [0.15, 0.2) is 0 Å². The Morgan fingerprint density at radius 3 is 2.42 bits per heavy atom. The molecule has 0 amide bonds. The summed E-state index contributed by atoms with van der Waals surface area (Å²) < 4.78 is 0. The Hall–Kier alpha value is -1.38. The van der Waals surface area contributed by atoms with Crippen LogP contribution in [0.4, 0.5) is 0 Å². The predicted molar refractivity (Wildman–Crippen MR) is 80.6 cm³/mol. The summed E-state index contributed by atoms with van der Waals surface area (Å²) in [5, 5.41) is 4.20. The first-order chi connectivity index (χ1) is 9.13. The molecule has 1 aromatic carbocycles. The van der Waals surface area contributed by atoms with Crippen molar-refractivity contribution in [1.29, 1.82) is 0 Å². The van der Waals surface area contributed by atoms with Crippen LogP contribution in [0.1, 0.15) is 35.6 Å². The normalized spacial score (nSPS) is 14.1. The number of pyridine rings is 1. The second kappa shape index (κ2) is 6.18.